The summed E-state index contributed by atoms with van der Waals surface area (Å²) in [5, 5.41) is 0. The summed E-state index contributed by atoms with van der Waals surface area (Å²) < 4.78 is 23.4. The Bertz CT molecular complexity index is 537. The van der Waals surface area contributed by atoms with Gasteiger partial charge in [-0.2, -0.15) is 0 Å². The largest absolute Gasteiger partial charge is 0.497 e. The topological polar surface area (TPSA) is 54.0 Å². The molecule has 134 valence electrons. The van der Waals surface area contributed by atoms with Gasteiger partial charge in [0.25, 0.3) is 0 Å². The number of halogens is 1. The number of carbonyl (C=O) groups excluding carboxylic acids is 1. The van der Waals surface area contributed by atoms with Crippen molar-refractivity contribution in [1.82, 2.24) is 0 Å². The summed E-state index contributed by atoms with van der Waals surface area (Å²) in [6, 6.07) is 7.59. The molecule has 1 aliphatic heterocycles. The van der Waals surface area contributed by atoms with Crippen LogP contribution in [-0.2, 0) is 19.0 Å². The Hall–Kier alpha value is -0.860. The van der Waals surface area contributed by atoms with Gasteiger partial charge >= 0.3 is 5.97 Å². The highest BCUT2D eigenvalue weighted by Crippen LogP contribution is 2.33. The Balaban J connectivity index is 2.03. The third-order valence-corrected chi connectivity index (χ3v) is 4.51. The molecule has 0 radical (unpaired) electrons. The minimum absolute atomic E-state index is 0.0545. The van der Waals surface area contributed by atoms with E-state index in [-0.39, 0.29) is 24.6 Å². The molecule has 0 aromatic heterocycles. The molecule has 6 heteroatoms. The summed E-state index contributed by atoms with van der Waals surface area (Å²) in [6.07, 6.45) is 0.297. The van der Waals surface area contributed by atoms with Crippen LogP contribution >= 0.6 is 22.6 Å². The maximum Gasteiger partial charge on any atom is 0.308 e. The minimum Gasteiger partial charge on any atom is -0.497 e. The van der Waals surface area contributed by atoms with E-state index in [1.807, 2.05) is 45.0 Å². The number of alkyl halides is 1. The van der Waals surface area contributed by atoms with Gasteiger partial charge in [-0.15, -0.1) is 0 Å². The molecule has 0 spiro atoms. The quantitative estimate of drug-likeness (QED) is 0.387. The van der Waals surface area contributed by atoms with E-state index in [0.717, 1.165) is 15.7 Å². The second kappa shape index (κ2) is 8.49. The molecular weight excluding hydrogens is 423 g/mol. The monoisotopic (exact) mass is 448 g/mol. The van der Waals surface area contributed by atoms with Gasteiger partial charge in [0, 0.05) is 16.4 Å². The molecule has 1 heterocycles. The zero-order valence-corrected chi connectivity index (χ0v) is 16.7. The molecule has 5 nitrogen and oxygen atoms in total. The number of methoxy groups -OCH3 is 1. The van der Waals surface area contributed by atoms with E-state index in [4.69, 9.17) is 18.9 Å². The molecule has 0 aliphatic carbocycles. The third-order valence-electron chi connectivity index (χ3n) is 3.53. The third kappa shape index (κ3) is 5.89. The zero-order chi connectivity index (χ0) is 17.7. The fourth-order valence-corrected chi connectivity index (χ4v) is 3.07. The lowest BCUT2D eigenvalue weighted by Crippen LogP contribution is -2.37. The first kappa shape index (κ1) is 19.5. The molecule has 0 saturated carbocycles. The molecule has 1 aromatic carbocycles. The normalized spacial score (nSPS) is 24.5. The molecule has 1 fully saturated rings. The lowest BCUT2D eigenvalue weighted by atomic mass is 10.1. The number of rotatable bonds is 5. The van der Waals surface area contributed by atoms with Gasteiger partial charge in [0.1, 0.15) is 11.4 Å². The number of esters is 1. The van der Waals surface area contributed by atoms with Crippen molar-refractivity contribution in [3.63, 3.8) is 0 Å². The van der Waals surface area contributed by atoms with Gasteiger partial charge in [0.15, 0.2) is 6.29 Å². The van der Waals surface area contributed by atoms with Crippen molar-refractivity contribution < 1.29 is 23.7 Å². The molecule has 24 heavy (non-hydrogen) atoms. The number of carbonyl (C=O) groups is 1. The van der Waals surface area contributed by atoms with Crippen LogP contribution in [0.5, 0.6) is 5.75 Å². The highest BCUT2D eigenvalue weighted by atomic mass is 127. The average molecular weight is 448 g/mol. The first-order valence-corrected chi connectivity index (χ1v) is 9.56. The maximum absolute atomic E-state index is 12.1. The predicted molar refractivity (Wildman–Crippen MR) is 99.4 cm³/mol. The van der Waals surface area contributed by atoms with Crippen molar-refractivity contribution in [1.29, 1.82) is 0 Å². The predicted octanol–water partition coefficient (Wildman–Crippen LogP) is 4.03. The van der Waals surface area contributed by atoms with Crippen LogP contribution in [0.4, 0.5) is 0 Å². The SMILES string of the molecule is COc1ccc([C@@H]2O[C@H](CI)C[C@H](CC(=O)OC(C)(C)C)O2)cc1. The second-order valence-electron chi connectivity index (χ2n) is 6.80. The molecule has 0 unspecified atom stereocenters. The van der Waals surface area contributed by atoms with Gasteiger partial charge < -0.3 is 18.9 Å². The molecule has 2 rings (SSSR count). The molecule has 1 saturated heterocycles. The van der Waals surface area contributed by atoms with Crippen LogP contribution in [0.3, 0.4) is 0 Å². The maximum atomic E-state index is 12.1. The highest BCUT2D eigenvalue weighted by molar-refractivity contribution is 14.1. The molecule has 3 atom stereocenters. The van der Waals surface area contributed by atoms with Crippen LogP contribution in [0.25, 0.3) is 0 Å². The Morgan fingerprint density at radius 3 is 2.38 bits per heavy atom. The molecule has 1 aromatic rings. The van der Waals surface area contributed by atoms with Crippen LogP contribution in [0.15, 0.2) is 24.3 Å². The van der Waals surface area contributed by atoms with Gasteiger partial charge in [-0.3, -0.25) is 4.79 Å². The van der Waals surface area contributed by atoms with Gasteiger partial charge in [-0.25, -0.2) is 0 Å². The summed E-state index contributed by atoms with van der Waals surface area (Å²) in [6.45, 7) is 5.59. The van der Waals surface area contributed by atoms with E-state index in [1.54, 1.807) is 7.11 Å². The second-order valence-corrected chi connectivity index (χ2v) is 7.68. The van der Waals surface area contributed by atoms with Crippen molar-refractivity contribution >= 4 is 28.6 Å². The van der Waals surface area contributed by atoms with Crippen molar-refractivity contribution in [2.45, 2.75) is 57.7 Å². The summed E-state index contributed by atoms with van der Waals surface area (Å²) in [5.41, 5.74) is 0.430. The Morgan fingerprint density at radius 1 is 1.21 bits per heavy atom. The van der Waals surface area contributed by atoms with Gasteiger partial charge in [-0.1, -0.05) is 34.7 Å². The van der Waals surface area contributed by atoms with Crippen molar-refractivity contribution in [2.24, 2.45) is 0 Å². The number of benzene rings is 1. The summed E-state index contributed by atoms with van der Waals surface area (Å²) in [4.78, 5) is 12.1. The standard InChI is InChI=1S/C18H25IO5/c1-18(2,3)24-16(20)10-14-9-15(11-19)23-17(22-14)12-5-7-13(21-4)8-6-12/h5-8,14-15,17H,9-11H2,1-4H3/t14-,15+,17+/m1/s1. The van der Waals surface area contributed by atoms with Gasteiger partial charge in [0.05, 0.1) is 25.7 Å². The van der Waals surface area contributed by atoms with E-state index in [0.29, 0.717) is 6.42 Å². The Labute approximate surface area is 157 Å². The molecule has 1 aliphatic rings. The van der Waals surface area contributed by atoms with Crippen LogP contribution in [0.1, 0.15) is 45.5 Å². The summed E-state index contributed by atoms with van der Waals surface area (Å²) in [5.74, 6) is 0.542. The molecule has 0 amide bonds. The van der Waals surface area contributed by atoms with E-state index in [1.165, 1.54) is 0 Å². The lowest BCUT2D eigenvalue weighted by molar-refractivity contribution is -0.244. The zero-order valence-electron chi connectivity index (χ0n) is 14.6. The van der Waals surface area contributed by atoms with Crippen molar-refractivity contribution in [3.05, 3.63) is 29.8 Å². The van der Waals surface area contributed by atoms with Gasteiger partial charge in [-0.05, 0) is 32.9 Å². The molecule has 0 bridgehead atoms. The minimum atomic E-state index is -0.486. The molecular formula is C18H25IO5. The fourth-order valence-electron chi connectivity index (χ4n) is 2.50. The number of ether oxygens (including phenoxy) is 4. The van der Waals surface area contributed by atoms with Crippen LogP contribution in [0.2, 0.25) is 0 Å². The fraction of sp³-hybridized carbons (Fsp3) is 0.611. The lowest BCUT2D eigenvalue weighted by Gasteiger charge is -2.35. The smallest absolute Gasteiger partial charge is 0.308 e. The number of hydrogen-bond donors (Lipinski definition) is 0. The van der Waals surface area contributed by atoms with E-state index >= 15 is 0 Å². The van der Waals surface area contributed by atoms with Crippen LogP contribution in [-0.4, -0.2) is 35.3 Å². The summed E-state index contributed by atoms with van der Waals surface area (Å²) >= 11 is 2.30. The Kier molecular flexibility index (Phi) is 6.88. The molecule has 0 N–H and O–H groups in total. The van der Waals surface area contributed by atoms with Crippen LogP contribution < -0.4 is 4.74 Å². The van der Waals surface area contributed by atoms with E-state index < -0.39 is 11.9 Å². The van der Waals surface area contributed by atoms with E-state index in [9.17, 15) is 4.79 Å². The number of hydrogen-bond acceptors (Lipinski definition) is 5. The highest BCUT2D eigenvalue weighted by Gasteiger charge is 2.33. The Morgan fingerprint density at radius 2 is 1.83 bits per heavy atom. The van der Waals surface area contributed by atoms with Crippen LogP contribution in [0, 0.1) is 0 Å². The van der Waals surface area contributed by atoms with Gasteiger partial charge in [0.2, 0.25) is 0 Å². The van der Waals surface area contributed by atoms with Crippen molar-refractivity contribution in [2.75, 3.05) is 11.5 Å². The summed E-state index contributed by atoms with van der Waals surface area (Å²) in [7, 11) is 1.63. The first-order valence-electron chi connectivity index (χ1n) is 8.03. The average Bonchev–Trinajstić information content (AvgIpc) is 2.52. The van der Waals surface area contributed by atoms with Crippen molar-refractivity contribution in [3.8, 4) is 5.75 Å². The first-order chi connectivity index (χ1) is 11.3. The van der Waals surface area contributed by atoms with E-state index in [2.05, 4.69) is 22.6 Å².